The molecule has 0 amide bonds. The number of hydrogen-bond acceptors (Lipinski definition) is 4. The standard InChI is InChI=1S/C14H22N4O/c15-14(18-19)13-9-12(6-8-17-13)10-16-7-5-11-3-1-2-4-11/h6,8-9,11,16,19H,1-5,7,10H2,(H2,15,18). The van der Waals surface area contributed by atoms with E-state index >= 15 is 0 Å². The van der Waals surface area contributed by atoms with Crippen LogP contribution in [0.15, 0.2) is 23.5 Å². The Labute approximate surface area is 113 Å². The third-order valence-electron chi connectivity index (χ3n) is 3.73. The maximum Gasteiger partial charge on any atom is 0.188 e. The van der Waals surface area contributed by atoms with Crippen molar-refractivity contribution in [1.29, 1.82) is 0 Å². The lowest BCUT2D eigenvalue weighted by Crippen LogP contribution is -2.19. The molecule has 104 valence electrons. The van der Waals surface area contributed by atoms with Crippen molar-refractivity contribution in [2.75, 3.05) is 6.54 Å². The van der Waals surface area contributed by atoms with Gasteiger partial charge in [-0.05, 0) is 36.6 Å². The van der Waals surface area contributed by atoms with Crippen LogP contribution < -0.4 is 11.1 Å². The van der Waals surface area contributed by atoms with E-state index in [4.69, 9.17) is 10.9 Å². The number of nitrogens with one attached hydrogen (secondary N) is 1. The molecular formula is C14H22N4O. The second kappa shape index (κ2) is 7.09. The molecule has 1 heterocycles. The zero-order chi connectivity index (χ0) is 13.5. The lowest BCUT2D eigenvalue weighted by Gasteiger charge is -2.10. The highest BCUT2D eigenvalue weighted by molar-refractivity contribution is 5.95. The molecule has 2 rings (SSSR count). The minimum absolute atomic E-state index is 0.0489. The normalized spacial score (nSPS) is 16.9. The van der Waals surface area contributed by atoms with E-state index in [0.29, 0.717) is 5.69 Å². The summed E-state index contributed by atoms with van der Waals surface area (Å²) in [5.74, 6) is 0.963. The summed E-state index contributed by atoms with van der Waals surface area (Å²) in [5.41, 5.74) is 7.13. The number of hydrogen-bond donors (Lipinski definition) is 3. The first-order valence-electron chi connectivity index (χ1n) is 6.93. The number of nitrogens with two attached hydrogens (primary N) is 1. The monoisotopic (exact) mass is 262 g/mol. The molecule has 0 atom stereocenters. The zero-order valence-corrected chi connectivity index (χ0v) is 11.2. The Kier molecular flexibility index (Phi) is 5.15. The van der Waals surface area contributed by atoms with Crippen molar-refractivity contribution >= 4 is 5.84 Å². The van der Waals surface area contributed by atoms with Crippen LogP contribution in [0.5, 0.6) is 0 Å². The predicted molar refractivity (Wildman–Crippen MR) is 75.0 cm³/mol. The molecule has 1 aromatic heterocycles. The van der Waals surface area contributed by atoms with Crippen molar-refractivity contribution in [1.82, 2.24) is 10.3 Å². The maximum atomic E-state index is 8.62. The molecule has 5 heteroatoms. The van der Waals surface area contributed by atoms with Crippen LogP contribution in [0.2, 0.25) is 0 Å². The van der Waals surface area contributed by atoms with Gasteiger partial charge in [0, 0.05) is 12.7 Å². The summed E-state index contributed by atoms with van der Waals surface area (Å²) in [6.07, 6.45) is 8.53. The molecule has 1 aliphatic carbocycles. The second-order valence-corrected chi connectivity index (χ2v) is 5.15. The van der Waals surface area contributed by atoms with Crippen LogP contribution in [0.4, 0.5) is 0 Å². The van der Waals surface area contributed by atoms with E-state index in [-0.39, 0.29) is 5.84 Å². The van der Waals surface area contributed by atoms with Gasteiger partial charge in [-0.25, -0.2) is 0 Å². The minimum Gasteiger partial charge on any atom is -0.409 e. The Morgan fingerprint density at radius 3 is 3.00 bits per heavy atom. The molecule has 1 aliphatic rings. The molecule has 1 aromatic rings. The summed E-state index contributed by atoms with van der Waals surface area (Å²) in [6.45, 7) is 1.84. The van der Waals surface area contributed by atoms with Crippen LogP contribution in [-0.4, -0.2) is 22.6 Å². The van der Waals surface area contributed by atoms with Crippen LogP contribution >= 0.6 is 0 Å². The molecule has 0 bridgehead atoms. The smallest absolute Gasteiger partial charge is 0.188 e. The highest BCUT2D eigenvalue weighted by atomic mass is 16.4. The lowest BCUT2D eigenvalue weighted by atomic mass is 10.0. The Morgan fingerprint density at radius 1 is 1.47 bits per heavy atom. The van der Waals surface area contributed by atoms with Crippen LogP contribution in [0.1, 0.15) is 43.4 Å². The fourth-order valence-corrected chi connectivity index (χ4v) is 2.61. The summed E-state index contributed by atoms with van der Waals surface area (Å²) in [5, 5.41) is 15.0. The summed E-state index contributed by atoms with van der Waals surface area (Å²) in [7, 11) is 0. The average molecular weight is 262 g/mol. The molecule has 4 N–H and O–H groups in total. The largest absolute Gasteiger partial charge is 0.409 e. The molecular weight excluding hydrogens is 240 g/mol. The molecule has 0 aliphatic heterocycles. The number of rotatable bonds is 6. The Morgan fingerprint density at radius 2 is 2.26 bits per heavy atom. The number of nitrogens with zero attached hydrogens (tertiary/aromatic N) is 2. The van der Waals surface area contributed by atoms with Gasteiger partial charge in [0.1, 0.15) is 5.69 Å². The Hall–Kier alpha value is -1.62. The van der Waals surface area contributed by atoms with Crippen molar-refractivity contribution < 1.29 is 5.21 Å². The van der Waals surface area contributed by atoms with Crippen molar-refractivity contribution in [2.24, 2.45) is 16.8 Å². The first-order valence-corrected chi connectivity index (χ1v) is 6.93. The van der Waals surface area contributed by atoms with Crippen LogP contribution in [0.25, 0.3) is 0 Å². The molecule has 19 heavy (non-hydrogen) atoms. The third kappa shape index (κ3) is 4.21. The molecule has 5 nitrogen and oxygen atoms in total. The van der Waals surface area contributed by atoms with Crippen molar-refractivity contribution in [3.05, 3.63) is 29.6 Å². The molecule has 0 aromatic carbocycles. The Bertz CT molecular complexity index is 427. The highest BCUT2D eigenvalue weighted by Crippen LogP contribution is 2.26. The van der Waals surface area contributed by atoms with Gasteiger partial charge in [0.2, 0.25) is 0 Å². The van der Waals surface area contributed by atoms with E-state index < -0.39 is 0 Å². The molecule has 1 saturated carbocycles. The fourth-order valence-electron chi connectivity index (χ4n) is 2.61. The number of aromatic nitrogens is 1. The topological polar surface area (TPSA) is 83.5 Å². The lowest BCUT2D eigenvalue weighted by molar-refractivity contribution is 0.318. The molecule has 1 fully saturated rings. The van der Waals surface area contributed by atoms with Gasteiger partial charge in [-0.15, -0.1) is 0 Å². The average Bonchev–Trinajstić information content (AvgIpc) is 2.96. The zero-order valence-electron chi connectivity index (χ0n) is 11.2. The van der Waals surface area contributed by atoms with Crippen molar-refractivity contribution in [2.45, 2.75) is 38.6 Å². The quantitative estimate of drug-likeness (QED) is 0.240. The number of amidine groups is 1. The summed E-state index contributed by atoms with van der Waals surface area (Å²) in [6, 6.07) is 3.79. The van der Waals surface area contributed by atoms with Gasteiger partial charge < -0.3 is 16.3 Å². The van der Waals surface area contributed by atoms with E-state index in [2.05, 4.69) is 15.5 Å². The van der Waals surface area contributed by atoms with Crippen LogP contribution in [0.3, 0.4) is 0 Å². The summed E-state index contributed by atoms with van der Waals surface area (Å²) in [4.78, 5) is 4.06. The van der Waals surface area contributed by atoms with Gasteiger partial charge in [-0.1, -0.05) is 30.8 Å². The summed E-state index contributed by atoms with van der Waals surface area (Å²) < 4.78 is 0. The third-order valence-corrected chi connectivity index (χ3v) is 3.73. The predicted octanol–water partition coefficient (Wildman–Crippen LogP) is 1.85. The summed E-state index contributed by atoms with van der Waals surface area (Å²) >= 11 is 0. The highest BCUT2D eigenvalue weighted by Gasteiger charge is 2.13. The van der Waals surface area contributed by atoms with Gasteiger partial charge in [-0.3, -0.25) is 4.98 Å². The molecule has 0 saturated heterocycles. The van der Waals surface area contributed by atoms with E-state index in [0.717, 1.165) is 24.6 Å². The van der Waals surface area contributed by atoms with Gasteiger partial charge in [0.15, 0.2) is 5.84 Å². The van der Waals surface area contributed by atoms with E-state index in [9.17, 15) is 0 Å². The van der Waals surface area contributed by atoms with Gasteiger partial charge in [-0.2, -0.15) is 0 Å². The van der Waals surface area contributed by atoms with E-state index in [1.165, 1.54) is 32.1 Å². The first-order chi connectivity index (χ1) is 9.29. The van der Waals surface area contributed by atoms with Gasteiger partial charge in [0.05, 0.1) is 0 Å². The molecule has 0 radical (unpaired) electrons. The van der Waals surface area contributed by atoms with Crippen molar-refractivity contribution in [3.8, 4) is 0 Å². The second-order valence-electron chi connectivity index (χ2n) is 5.15. The van der Waals surface area contributed by atoms with E-state index in [1.807, 2.05) is 12.1 Å². The van der Waals surface area contributed by atoms with Gasteiger partial charge >= 0.3 is 0 Å². The SMILES string of the molecule is NC(=NO)c1cc(CNCCC2CCCC2)ccn1. The van der Waals surface area contributed by atoms with Crippen LogP contribution in [0, 0.1) is 5.92 Å². The number of pyridine rings is 1. The molecule has 0 unspecified atom stereocenters. The molecule has 0 spiro atoms. The van der Waals surface area contributed by atoms with Gasteiger partial charge in [0.25, 0.3) is 0 Å². The Balaban J connectivity index is 1.76. The number of oxime groups is 1. The first kappa shape index (κ1) is 13.8. The van der Waals surface area contributed by atoms with E-state index in [1.54, 1.807) is 6.20 Å². The van der Waals surface area contributed by atoms with Crippen LogP contribution in [-0.2, 0) is 6.54 Å². The van der Waals surface area contributed by atoms with Crippen molar-refractivity contribution in [3.63, 3.8) is 0 Å². The maximum absolute atomic E-state index is 8.62. The minimum atomic E-state index is 0.0489. The fraction of sp³-hybridized carbons (Fsp3) is 0.571.